The van der Waals surface area contributed by atoms with Crippen molar-refractivity contribution in [2.24, 2.45) is 5.41 Å². The molecule has 0 aromatic heterocycles. The Labute approximate surface area is 72.0 Å². The van der Waals surface area contributed by atoms with E-state index < -0.39 is 11.5 Å². The molecule has 0 aromatic carbocycles. The van der Waals surface area contributed by atoms with E-state index in [2.05, 4.69) is 6.58 Å². The average molecular weight is 170 g/mol. The molecule has 1 saturated heterocycles. The first kappa shape index (κ1) is 9.26. The third kappa shape index (κ3) is 1.25. The molecular weight excluding hydrogens is 156 g/mol. The van der Waals surface area contributed by atoms with Crippen molar-refractivity contribution >= 4 is 5.97 Å². The fourth-order valence-corrected chi connectivity index (χ4v) is 1.56. The summed E-state index contributed by atoms with van der Waals surface area (Å²) in [5.41, 5.74) is -0.720. The molecule has 0 unspecified atom stereocenters. The quantitative estimate of drug-likeness (QED) is 0.505. The van der Waals surface area contributed by atoms with Gasteiger partial charge in [-0.25, -0.2) is 0 Å². The molecule has 12 heavy (non-hydrogen) atoms. The summed E-state index contributed by atoms with van der Waals surface area (Å²) in [5.74, 6) is -0.294. The van der Waals surface area contributed by atoms with Crippen LogP contribution in [-0.2, 0) is 9.53 Å². The summed E-state index contributed by atoms with van der Waals surface area (Å²) in [6.07, 6.45) is 2.07. The zero-order valence-corrected chi connectivity index (χ0v) is 7.25. The number of aliphatic hydroxyl groups excluding tert-OH is 1. The van der Waals surface area contributed by atoms with E-state index in [0.717, 1.165) is 0 Å². The van der Waals surface area contributed by atoms with Gasteiger partial charge in [-0.1, -0.05) is 6.08 Å². The van der Waals surface area contributed by atoms with Crippen LogP contribution in [0.1, 0.15) is 19.8 Å². The molecule has 0 aliphatic carbocycles. The summed E-state index contributed by atoms with van der Waals surface area (Å²) >= 11 is 0. The summed E-state index contributed by atoms with van der Waals surface area (Å²) in [5, 5.41) is 9.46. The van der Waals surface area contributed by atoms with Gasteiger partial charge in [-0.3, -0.25) is 4.79 Å². The van der Waals surface area contributed by atoms with Crippen molar-refractivity contribution in [1.29, 1.82) is 0 Å². The first-order chi connectivity index (χ1) is 5.63. The number of hydrogen-bond donors (Lipinski definition) is 1. The van der Waals surface area contributed by atoms with Gasteiger partial charge in [-0.05, 0) is 13.3 Å². The van der Waals surface area contributed by atoms with Gasteiger partial charge in [-0.2, -0.15) is 0 Å². The van der Waals surface area contributed by atoms with E-state index in [4.69, 9.17) is 4.74 Å². The van der Waals surface area contributed by atoms with E-state index >= 15 is 0 Å². The van der Waals surface area contributed by atoms with Crippen LogP contribution in [0.3, 0.4) is 0 Å². The molecule has 0 spiro atoms. The average Bonchev–Trinajstić information content (AvgIpc) is 2.34. The van der Waals surface area contributed by atoms with Crippen LogP contribution in [0.4, 0.5) is 0 Å². The highest BCUT2D eigenvalue weighted by molar-refractivity contribution is 5.79. The molecule has 0 amide bonds. The predicted octanol–water partition coefficient (Wildman–Crippen LogP) is 0.877. The van der Waals surface area contributed by atoms with Gasteiger partial charge < -0.3 is 9.84 Å². The van der Waals surface area contributed by atoms with Crippen LogP contribution in [-0.4, -0.2) is 23.8 Å². The van der Waals surface area contributed by atoms with Crippen molar-refractivity contribution in [3.05, 3.63) is 12.7 Å². The maximum atomic E-state index is 11.3. The third-order valence-electron chi connectivity index (χ3n) is 2.50. The topological polar surface area (TPSA) is 46.5 Å². The van der Waals surface area contributed by atoms with Gasteiger partial charge in [0.05, 0.1) is 12.7 Å². The molecule has 0 bridgehead atoms. The van der Waals surface area contributed by atoms with Gasteiger partial charge in [0.15, 0.2) is 0 Å². The van der Waals surface area contributed by atoms with Crippen LogP contribution in [0.2, 0.25) is 0 Å². The summed E-state index contributed by atoms with van der Waals surface area (Å²) in [4.78, 5) is 11.3. The normalized spacial score (nSPS) is 31.3. The molecule has 1 aliphatic rings. The van der Waals surface area contributed by atoms with Crippen molar-refractivity contribution in [3.8, 4) is 0 Å². The third-order valence-corrected chi connectivity index (χ3v) is 2.50. The minimum Gasteiger partial charge on any atom is -0.465 e. The van der Waals surface area contributed by atoms with Crippen LogP contribution in [0.25, 0.3) is 0 Å². The van der Waals surface area contributed by atoms with E-state index in [1.54, 1.807) is 13.0 Å². The molecule has 1 N–H and O–H groups in total. The van der Waals surface area contributed by atoms with Crippen molar-refractivity contribution < 1.29 is 14.6 Å². The lowest BCUT2D eigenvalue weighted by atomic mass is 9.78. The molecule has 0 saturated carbocycles. The number of allylic oxidation sites excluding steroid dienone is 1. The lowest BCUT2D eigenvalue weighted by Crippen LogP contribution is -2.37. The molecule has 1 heterocycles. The van der Waals surface area contributed by atoms with Crippen molar-refractivity contribution in [3.63, 3.8) is 0 Å². The molecule has 1 rings (SSSR count). The van der Waals surface area contributed by atoms with Gasteiger partial charge in [0.25, 0.3) is 0 Å². The number of aliphatic hydroxyl groups is 1. The zero-order chi connectivity index (χ0) is 9.19. The summed E-state index contributed by atoms with van der Waals surface area (Å²) < 4.78 is 4.84. The largest absolute Gasteiger partial charge is 0.465 e. The molecule has 0 aromatic rings. The minimum atomic E-state index is -0.720. The van der Waals surface area contributed by atoms with Crippen LogP contribution in [0.15, 0.2) is 12.7 Å². The number of hydrogen-bond acceptors (Lipinski definition) is 3. The van der Waals surface area contributed by atoms with Gasteiger partial charge >= 0.3 is 5.97 Å². The molecular formula is C9H14O3. The Morgan fingerprint density at radius 1 is 1.92 bits per heavy atom. The lowest BCUT2D eigenvalue weighted by Gasteiger charge is -2.25. The highest BCUT2D eigenvalue weighted by Crippen LogP contribution is 2.37. The molecule has 3 nitrogen and oxygen atoms in total. The van der Waals surface area contributed by atoms with E-state index in [0.29, 0.717) is 19.4 Å². The van der Waals surface area contributed by atoms with Crippen LogP contribution in [0, 0.1) is 5.41 Å². The van der Waals surface area contributed by atoms with Crippen LogP contribution in [0.5, 0.6) is 0 Å². The first-order valence-electron chi connectivity index (χ1n) is 4.09. The second-order valence-corrected chi connectivity index (χ2v) is 3.21. The first-order valence-corrected chi connectivity index (χ1v) is 4.09. The maximum absolute atomic E-state index is 11.3. The molecule has 1 aliphatic heterocycles. The fraction of sp³-hybridized carbons (Fsp3) is 0.667. The molecule has 1 fully saturated rings. The zero-order valence-electron chi connectivity index (χ0n) is 7.25. The molecule has 3 heteroatoms. The van der Waals surface area contributed by atoms with Crippen molar-refractivity contribution in [1.82, 2.24) is 0 Å². The standard InChI is InChI=1S/C9H14O3/c1-3-4-9(7(2)10)5-6-12-8(9)11/h3,7,10H,1,4-6H2,2H3/t7-,9-/m1/s1. The monoisotopic (exact) mass is 170 g/mol. The Balaban J connectivity index is 2.84. The number of ether oxygens (including phenoxy) is 1. The van der Waals surface area contributed by atoms with Crippen molar-refractivity contribution in [2.75, 3.05) is 6.61 Å². The smallest absolute Gasteiger partial charge is 0.315 e. The number of rotatable bonds is 3. The van der Waals surface area contributed by atoms with E-state index in [-0.39, 0.29) is 5.97 Å². The Hall–Kier alpha value is -0.830. The second kappa shape index (κ2) is 3.27. The SMILES string of the molecule is C=CC[C@]1([C@@H](C)O)CCOC1=O. The summed E-state index contributed by atoms with van der Waals surface area (Å²) in [6, 6.07) is 0. The summed E-state index contributed by atoms with van der Waals surface area (Å²) in [7, 11) is 0. The number of carbonyl (C=O) groups excluding carboxylic acids is 1. The van der Waals surface area contributed by atoms with Crippen molar-refractivity contribution in [2.45, 2.75) is 25.9 Å². The van der Waals surface area contributed by atoms with Gasteiger partial charge in [0.2, 0.25) is 0 Å². The highest BCUT2D eigenvalue weighted by atomic mass is 16.5. The fourth-order valence-electron chi connectivity index (χ4n) is 1.56. The summed E-state index contributed by atoms with van der Waals surface area (Å²) in [6.45, 7) is 5.60. The predicted molar refractivity (Wildman–Crippen MR) is 44.5 cm³/mol. The van der Waals surface area contributed by atoms with Crippen LogP contribution < -0.4 is 0 Å². The molecule has 2 atom stereocenters. The number of carbonyl (C=O) groups is 1. The lowest BCUT2D eigenvalue weighted by molar-refractivity contribution is -0.150. The van der Waals surface area contributed by atoms with E-state index in [9.17, 15) is 9.90 Å². The van der Waals surface area contributed by atoms with Gasteiger partial charge in [0.1, 0.15) is 5.41 Å². The molecule has 68 valence electrons. The minimum absolute atomic E-state index is 0.294. The Kier molecular flexibility index (Phi) is 2.52. The Morgan fingerprint density at radius 3 is 2.92 bits per heavy atom. The van der Waals surface area contributed by atoms with Gasteiger partial charge in [-0.15, -0.1) is 6.58 Å². The maximum Gasteiger partial charge on any atom is 0.315 e. The van der Waals surface area contributed by atoms with E-state index in [1.165, 1.54) is 0 Å². The highest BCUT2D eigenvalue weighted by Gasteiger charge is 2.47. The Morgan fingerprint density at radius 2 is 2.58 bits per heavy atom. The number of esters is 1. The molecule has 0 radical (unpaired) electrons. The van der Waals surface area contributed by atoms with Gasteiger partial charge in [0, 0.05) is 6.42 Å². The number of cyclic esters (lactones) is 1. The Bertz CT molecular complexity index is 198. The van der Waals surface area contributed by atoms with Crippen LogP contribution >= 0.6 is 0 Å². The van der Waals surface area contributed by atoms with E-state index in [1.807, 2.05) is 0 Å². The second-order valence-electron chi connectivity index (χ2n) is 3.21.